The van der Waals surface area contributed by atoms with E-state index in [4.69, 9.17) is 5.73 Å². The third kappa shape index (κ3) is 1.55. The highest BCUT2D eigenvalue weighted by Crippen LogP contribution is 2.22. The highest BCUT2D eigenvalue weighted by molar-refractivity contribution is 5.50. The van der Waals surface area contributed by atoms with Crippen molar-refractivity contribution in [3.63, 3.8) is 0 Å². The molecule has 0 aliphatic carbocycles. The molecule has 0 unspecified atom stereocenters. The van der Waals surface area contributed by atoms with Crippen LogP contribution in [0.25, 0.3) is 0 Å². The van der Waals surface area contributed by atoms with Gasteiger partial charge in [0.05, 0.1) is 17.6 Å². The summed E-state index contributed by atoms with van der Waals surface area (Å²) in [5, 5.41) is 7.87. The topological polar surface area (TPSA) is 51.8 Å². The minimum Gasteiger partial charge on any atom is -0.397 e. The number of nitrogens with two attached hydrogens (primary N) is 1. The molecule has 0 spiro atoms. The zero-order chi connectivity index (χ0) is 9.14. The van der Waals surface area contributed by atoms with Crippen LogP contribution in [-0.4, -0.2) is 10.2 Å². The molecular formula is C9H15N3. The van der Waals surface area contributed by atoms with E-state index in [2.05, 4.69) is 24.0 Å². The maximum atomic E-state index is 5.89. The Morgan fingerprint density at radius 1 is 1.50 bits per heavy atom. The summed E-state index contributed by atoms with van der Waals surface area (Å²) in [7, 11) is 0. The molecule has 3 heteroatoms. The van der Waals surface area contributed by atoms with Gasteiger partial charge in [0.2, 0.25) is 0 Å². The molecule has 1 aromatic heterocycles. The molecule has 0 aliphatic rings. The Morgan fingerprint density at radius 3 is 2.67 bits per heavy atom. The number of anilines is 1. The van der Waals surface area contributed by atoms with Crippen LogP contribution in [0, 0.1) is 0 Å². The third-order valence-electron chi connectivity index (χ3n) is 1.95. The van der Waals surface area contributed by atoms with Crippen LogP contribution in [0.15, 0.2) is 6.20 Å². The largest absolute Gasteiger partial charge is 0.397 e. The molecule has 12 heavy (non-hydrogen) atoms. The fourth-order valence-electron chi connectivity index (χ4n) is 1.17. The molecule has 0 saturated carbocycles. The molecule has 66 valence electrons. The fraction of sp³-hybridized carbons (Fsp3) is 0.556. The first-order valence-electron chi connectivity index (χ1n) is 4.26. The summed E-state index contributed by atoms with van der Waals surface area (Å²) >= 11 is 0. The summed E-state index contributed by atoms with van der Waals surface area (Å²) in [5.41, 5.74) is 8.70. The zero-order valence-electron chi connectivity index (χ0n) is 7.83. The molecular weight excluding hydrogens is 150 g/mol. The second-order valence-electron chi connectivity index (χ2n) is 3.17. The van der Waals surface area contributed by atoms with Gasteiger partial charge in [-0.1, -0.05) is 20.8 Å². The van der Waals surface area contributed by atoms with E-state index in [1.165, 1.54) is 0 Å². The van der Waals surface area contributed by atoms with Crippen LogP contribution in [0.5, 0.6) is 0 Å². The van der Waals surface area contributed by atoms with Crippen molar-refractivity contribution in [3.8, 4) is 0 Å². The average Bonchev–Trinajstić information content (AvgIpc) is 2.04. The number of nitrogen functional groups attached to an aromatic ring is 1. The number of nitrogens with zero attached hydrogens (tertiary/aromatic N) is 2. The van der Waals surface area contributed by atoms with Crippen molar-refractivity contribution < 1.29 is 0 Å². The molecule has 1 aromatic rings. The van der Waals surface area contributed by atoms with Gasteiger partial charge in [0.25, 0.3) is 0 Å². The summed E-state index contributed by atoms with van der Waals surface area (Å²) < 4.78 is 0. The van der Waals surface area contributed by atoms with Crippen LogP contribution >= 0.6 is 0 Å². The van der Waals surface area contributed by atoms with Crippen molar-refractivity contribution >= 4 is 5.69 Å². The molecule has 1 heterocycles. The summed E-state index contributed by atoms with van der Waals surface area (Å²) in [6.45, 7) is 6.24. The molecule has 0 aromatic carbocycles. The van der Waals surface area contributed by atoms with Crippen molar-refractivity contribution in [3.05, 3.63) is 17.5 Å². The molecule has 3 nitrogen and oxygen atoms in total. The molecule has 0 bridgehead atoms. The monoisotopic (exact) mass is 165 g/mol. The smallest absolute Gasteiger partial charge is 0.0859 e. The van der Waals surface area contributed by atoms with E-state index in [0.717, 1.165) is 23.4 Å². The van der Waals surface area contributed by atoms with E-state index in [9.17, 15) is 0 Å². The number of aryl methyl sites for hydroxylation is 1. The van der Waals surface area contributed by atoms with Crippen LogP contribution in [0.1, 0.15) is 37.9 Å². The maximum Gasteiger partial charge on any atom is 0.0859 e. The van der Waals surface area contributed by atoms with Crippen LogP contribution in [0.4, 0.5) is 5.69 Å². The molecule has 0 saturated heterocycles. The first-order valence-corrected chi connectivity index (χ1v) is 4.26. The number of rotatable bonds is 2. The summed E-state index contributed by atoms with van der Waals surface area (Å²) in [6, 6.07) is 0. The molecule has 0 fully saturated rings. The summed E-state index contributed by atoms with van der Waals surface area (Å²) in [5.74, 6) is 0.422. The van der Waals surface area contributed by atoms with E-state index in [1.54, 1.807) is 6.20 Å². The first kappa shape index (κ1) is 8.97. The Labute approximate surface area is 73.0 Å². The second kappa shape index (κ2) is 3.52. The van der Waals surface area contributed by atoms with Crippen molar-refractivity contribution in [2.75, 3.05) is 5.73 Å². The lowest BCUT2D eigenvalue weighted by atomic mass is 10.0. The van der Waals surface area contributed by atoms with Gasteiger partial charge in [0, 0.05) is 0 Å². The van der Waals surface area contributed by atoms with E-state index >= 15 is 0 Å². The van der Waals surface area contributed by atoms with E-state index in [1.807, 2.05) is 6.92 Å². The maximum absolute atomic E-state index is 5.89. The highest BCUT2D eigenvalue weighted by Gasteiger charge is 2.08. The van der Waals surface area contributed by atoms with E-state index < -0.39 is 0 Å². The number of aromatic nitrogens is 2. The molecule has 2 N–H and O–H groups in total. The minimum absolute atomic E-state index is 0.422. The molecule has 1 rings (SSSR count). The standard InChI is InChI=1S/C9H15N3/c1-4-8-9(10)7(6(2)3)5-11-12-8/h5-6H,4H2,1-3H3,(H2,10,11). The van der Waals surface area contributed by atoms with Gasteiger partial charge in [-0.2, -0.15) is 10.2 Å². The number of hydrogen-bond donors (Lipinski definition) is 1. The van der Waals surface area contributed by atoms with Crippen LogP contribution in [0.3, 0.4) is 0 Å². The van der Waals surface area contributed by atoms with Crippen molar-refractivity contribution in [1.29, 1.82) is 0 Å². The van der Waals surface area contributed by atoms with Crippen LogP contribution < -0.4 is 5.73 Å². The average molecular weight is 165 g/mol. The van der Waals surface area contributed by atoms with Gasteiger partial charge in [-0.25, -0.2) is 0 Å². The quantitative estimate of drug-likeness (QED) is 0.726. The van der Waals surface area contributed by atoms with Crippen LogP contribution in [0.2, 0.25) is 0 Å². The second-order valence-corrected chi connectivity index (χ2v) is 3.17. The third-order valence-corrected chi connectivity index (χ3v) is 1.95. The van der Waals surface area contributed by atoms with Gasteiger partial charge in [-0.15, -0.1) is 0 Å². The highest BCUT2D eigenvalue weighted by atomic mass is 15.1. The first-order chi connectivity index (χ1) is 5.66. The Balaban J connectivity index is 3.14. The molecule has 0 amide bonds. The van der Waals surface area contributed by atoms with Gasteiger partial charge in [0.1, 0.15) is 0 Å². The predicted molar refractivity (Wildman–Crippen MR) is 49.9 cm³/mol. The Morgan fingerprint density at radius 2 is 2.17 bits per heavy atom. The number of hydrogen-bond acceptors (Lipinski definition) is 3. The van der Waals surface area contributed by atoms with Crippen molar-refractivity contribution in [2.45, 2.75) is 33.1 Å². The van der Waals surface area contributed by atoms with Crippen LogP contribution in [-0.2, 0) is 6.42 Å². The van der Waals surface area contributed by atoms with Gasteiger partial charge in [-0.05, 0) is 17.9 Å². The Kier molecular flexibility index (Phi) is 2.63. The van der Waals surface area contributed by atoms with Gasteiger partial charge in [0.15, 0.2) is 0 Å². The normalized spacial score (nSPS) is 10.7. The van der Waals surface area contributed by atoms with E-state index in [-0.39, 0.29) is 0 Å². The van der Waals surface area contributed by atoms with Crippen molar-refractivity contribution in [2.24, 2.45) is 0 Å². The van der Waals surface area contributed by atoms with Gasteiger partial charge < -0.3 is 5.73 Å². The van der Waals surface area contributed by atoms with Crippen molar-refractivity contribution in [1.82, 2.24) is 10.2 Å². The minimum atomic E-state index is 0.422. The lowest BCUT2D eigenvalue weighted by Crippen LogP contribution is -2.04. The summed E-state index contributed by atoms with van der Waals surface area (Å²) in [4.78, 5) is 0. The lowest BCUT2D eigenvalue weighted by Gasteiger charge is -2.09. The summed E-state index contributed by atoms with van der Waals surface area (Å²) in [6.07, 6.45) is 2.60. The predicted octanol–water partition coefficient (Wildman–Crippen LogP) is 1.74. The SMILES string of the molecule is CCc1nncc(C(C)C)c1N. The van der Waals surface area contributed by atoms with E-state index in [0.29, 0.717) is 5.92 Å². The van der Waals surface area contributed by atoms with Gasteiger partial charge in [-0.3, -0.25) is 0 Å². The molecule has 0 aliphatic heterocycles. The Bertz CT molecular complexity index is 268. The Hall–Kier alpha value is -1.12. The fourth-order valence-corrected chi connectivity index (χ4v) is 1.17. The molecule has 0 radical (unpaired) electrons. The van der Waals surface area contributed by atoms with Gasteiger partial charge >= 0.3 is 0 Å². The zero-order valence-corrected chi connectivity index (χ0v) is 7.83. The molecule has 0 atom stereocenters. The lowest BCUT2D eigenvalue weighted by molar-refractivity contribution is 0.825.